The van der Waals surface area contributed by atoms with Crippen molar-refractivity contribution in [1.29, 1.82) is 0 Å². The Morgan fingerprint density at radius 3 is 2.86 bits per heavy atom. The van der Waals surface area contributed by atoms with Crippen molar-refractivity contribution in [2.45, 2.75) is 38.0 Å². The molecule has 6 heteroatoms. The van der Waals surface area contributed by atoms with Gasteiger partial charge in [0.15, 0.2) is 0 Å². The molecule has 0 spiro atoms. The molecule has 4 N–H and O–H groups in total. The van der Waals surface area contributed by atoms with Gasteiger partial charge in [-0.15, -0.1) is 11.3 Å². The molecule has 21 heavy (non-hydrogen) atoms. The molecule has 1 fully saturated rings. The summed E-state index contributed by atoms with van der Waals surface area (Å²) in [6.45, 7) is 5.02. The number of carboxylic acid groups (broad SMARTS) is 1. The smallest absolute Gasteiger partial charge is 0.325 e. The van der Waals surface area contributed by atoms with E-state index in [9.17, 15) is 9.90 Å². The lowest BCUT2D eigenvalue weighted by Gasteiger charge is -2.19. The van der Waals surface area contributed by atoms with E-state index in [4.69, 9.17) is 10.8 Å². The largest absolute Gasteiger partial charge is 0.480 e. The van der Waals surface area contributed by atoms with Crippen LogP contribution in [0.15, 0.2) is 12.1 Å². The van der Waals surface area contributed by atoms with E-state index in [-0.39, 0.29) is 0 Å². The molecule has 1 aliphatic heterocycles. The third-order valence-electron chi connectivity index (χ3n) is 3.34. The fraction of sp³-hybridized carbons (Fsp3) is 0.533. The van der Waals surface area contributed by atoms with E-state index in [1.807, 2.05) is 17.0 Å². The number of carbonyl (C=O) groups is 1. The molecule has 1 unspecified atom stereocenters. The van der Waals surface area contributed by atoms with Crippen molar-refractivity contribution < 1.29 is 15.0 Å². The van der Waals surface area contributed by atoms with E-state index in [0.29, 0.717) is 26.1 Å². The first-order chi connectivity index (χ1) is 9.68. The Morgan fingerprint density at radius 1 is 1.57 bits per heavy atom. The third-order valence-corrected chi connectivity index (χ3v) is 4.32. The highest BCUT2D eigenvalue weighted by Gasteiger charge is 2.41. The minimum Gasteiger partial charge on any atom is -0.480 e. The van der Waals surface area contributed by atoms with Crippen molar-refractivity contribution in [3.8, 4) is 11.8 Å². The maximum atomic E-state index is 11.1. The molecule has 2 heterocycles. The second-order valence-electron chi connectivity index (χ2n) is 6.00. The van der Waals surface area contributed by atoms with E-state index < -0.39 is 17.1 Å². The van der Waals surface area contributed by atoms with Crippen LogP contribution in [0.2, 0.25) is 0 Å². The molecule has 0 aromatic carbocycles. The van der Waals surface area contributed by atoms with Gasteiger partial charge in [0, 0.05) is 24.5 Å². The number of hydrogen-bond donors (Lipinski definition) is 3. The topological polar surface area (TPSA) is 86.8 Å². The zero-order valence-corrected chi connectivity index (χ0v) is 13.0. The van der Waals surface area contributed by atoms with E-state index in [0.717, 1.165) is 9.75 Å². The molecule has 0 amide bonds. The number of likely N-dealkylation sites (tertiary alicyclic amines) is 1. The monoisotopic (exact) mass is 308 g/mol. The van der Waals surface area contributed by atoms with Crippen molar-refractivity contribution in [3.63, 3.8) is 0 Å². The van der Waals surface area contributed by atoms with Crippen LogP contribution in [0.5, 0.6) is 0 Å². The number of nitrogens with zero attached hydrogens (tertiary/aromatic N) is 1. The molecule has 1 aliphatic rings. The van der Waals surface area contributed by atoms with Gasteiger partial charge in [-0.05, 0) is 32.4 Å². The Bertz CT molecular complexity index is 594. The summed E-state index contributed by atoms with van der Waals surface area (Å²) in [6.07, 6.45) is 0.471. The normalized spacial score (nSPS) is 22.9. The predicted octanol–water partition coefficient (Wildman–Crippen LogP) is 0.858. The van der Waals surface area contributed by atoms with Crippen LogP contribution in [-0.4, -0.2) is 45.3 Å². The molecule has 0 aliphatic carbocycles. The molecule has 0 bridgehead atoms. The number of rotatable bonds is 3. The summed E-state index contributed by atoms with van der Waals surface area (Å²) in [4.78, 5) is 15.2. The van der Waals surface area contributed by atoms with Gasteiger partial charge in [0.2, 0.25) is 0 Å². The highest BCUT2D eigenvalue weighted by molar-refractivity contribution is 7.12. The van der Waals surface area contributed by atoms with Crippen LogP contribution in [0.3, 0.4) is 0 Å². The fourth-order valence-corrected chi connectivity index (χ4v) is 3.09. The van der Waals surface area contributed by atoms with Crippen molar-refractivity contribution in [2.75, 3.05) is 13.1 Å². The second kappa shape index (κ2) is 5.78. The molecule has 0 saturated carbocycles. The summed E-state index contributed by atoms with van der Waals surface area (Å²) in [5, 5.41) is 18.7. The quantitative estimate of drug-likeness (QED) is 0.721. The summed E-state index contributed by atoms with van der Waals surface area (Å²) in [6, 6.07) is 3.90. The molecule has 1 aromatic heterocycles. The Kier molecular flexibility index (Phi) is 4.40. The minimum absolute atomic E-state index is 0.366. The van der Waals surface area contributed by atoms with E-state index in [2.05, 4.69) is 11.8 Å². The van der Waals surface area contributed by atoms with Crippen LogP contribution >= 0.6 is 11.3 Å². The van der Waals surface area contributed by atoms with Crippen molar-refractivity contribution in [2.24, 2.45) is 5.73 Å². The number of carboxylic acids is 1. The van der Waals surface area contributed by atoms with E-state index in [1.165, 1.54) is 0 Å². The molecule has 1 atom stereocenters. The van der Waals surface area contributed by atoms with Crippen molar-refractivity contribution in [3.05, 3.63) is 21.9 Å². The summed E-state index contributed by atoms with van der Waals surface area (Å²) < 4.78 is 0. The van der Waals surface area contributed by atoms with Gasteiger partial charge >= 0.3 is 5.97 Å². The summed E-state index contributed by atoms with van der Waals surface area (Å²) >= 11 is 1.55. The lowest BCUT2D eigenvalue weighted by Crippen LogP contribution is -2.49. The van der Waals surface area contributed by atoms with Crippen molar-refractivity contribution in [1.82, 2.24) is 4.90 Å². The van der Waals surface area contributed by atoms with Crippen LogP contribution in [0, 0.1) is 11.8 Å². The van der Waals surface area contributed by atoms with Gasteiger partial charge in [-0.25, -0.2) is 0 Å². The summed E-state index contributed by atoms with van der Waals surface area (Å²) in [5.74, 6) is 4.79. The number of aliphatic carboxylic acids is 1. The van der Waals surface area contributed by atoms with Crippen LogP contribution in [0.1, 0.15) is 30.0 Å². The third kappa shape index (κ3) is 4.29. The average molecular weight is 308 g/mol. The lowest BCUT2D eigenvalue weighted by molar-refractivity contribution is -0.142. The zero-order valence-electron chi connectivity index (χ0n) is 12.2. The van der Waals surface area contributed by atoms with Crippen LogP contribution in [-0.2, 0) is 11.3 Å². The van der Waals surface area contributed by atoms with Gasteiger partial charge in [0.25, 0.3) is 0 Å². The number of aliphatic hydroxyl groups is 1. The first kappa shape index (κ1) is 16.0. The van der Waals surface area contributed by atoms with Gasteiger partial charge in [-0.3, -0.25) is 9.69 Å². The zero-order chi connectivity index (χ0) is 15.7. The predicted molar refractivity (Wildman–Crippen MR) is 81.9 cm³/mol. The molecular formula is C15H20N2O3S. The minimum atomic E-state index is -1.12. The Morgan fingerprint density at radius 2 is 2.29 bits per heavy atom. The first-order valence-corrected chi connectivity index (χ1v) is 7.58. The molecule has 0 radical (unpaired) electrons. The Balaban J connectivity index is 1.98. The average Bonchev–Trinajstić information content (AvgIpc) is 2.95. The van der Waals surface area contributed by atoms with Gasteiger partial charge in [0.05, 0.1) is 4.88 Å². The molecule has 5 nitrogen and oxygen atoms in total. The van der Waals surface area contributed by atoms with Gasteiger partial charge < -0.3 is 15.9 Å². The Hall–Kier alpha value is -1.39. The maximum Gasteiger partial charge on any atom is 0.325 e. The summed E-state index contributed by atoms with van der Waals surface area (Å²) in [7, 11) is 0. The van der Waals surface area contributed by atoms with Gasteiger partial charge in [0.1, 0.15) is 11.1 Å². The summed E-state index contributed by atoms with van der Waals surface area (Å²) in [5.41, 5.74) is 3.73. The number of hydrogen-bond acceptors (Lipinski definition) is 5. The highest BCUT2D eigenvalue weighted by Crippen LogP contribution is 2.24. The van der Waals surface area contributed by atoms with E-state index >= 15 is 0 Å². The SMILES string of the molecule is CC(C)(O)C#Cc1ccc(CN2CCC(N)(C(=O)O)C2)s1. The van der Waals surface area contributed by atoms with Crippen LogP contribution in [0.25, 0.3) is 0 Å². The molecule has 1 saturated heterocycles. The highest BCUT2D eigenvalue weighted by atomic mass is 32.1. The molecule has 1 aromatic rings. The van der Waals surface area contributed by atoms with Crippen molar-refractivity contribution >= 4 is 17.3 Å². The molecular weight excluding hydrogens is 288 g/mol. The fourth-order valence-electron chi connectivity index (χ4n) is 2.19. The second-order valence-corrected chi connectivity index (χ2v) is 7.17. The maximum absolute atomic E-state index is 11.1. The lowest BCUT2D eigenvalue weighted by atomic mass is 10.0. The Labute approximate surface area is 128 Å². The van der Waals surface area contributed by atoms with Crippen LogP contribution < -0.4 is 5.73 Å². The first-order valence-electron chi connectivity index (χ1n) is 6.77. The number of nitrogens with two attached hydrogens (primary N) is 1. The number of thiophene rings is 1. The van der Waals surface area contributed by atoms with Gasteiger partial charge in [-0.2, -0.15) is 0 Å². The molecule has 2 rings (SSSR count). The van der Waals surface area contributed by atoms with E-state index in [1.54, 1.807) is 25.2 Å². The van der Waals surface area contributed by atoms with Crippen LogP contribution in [0.4, 0.5) is 0 Å². The van der Waals surface area contributed by atoms with Gasteiger partial charge in [-0.1, -0.05) is 11.8 Å². The molecule has 114 valence electrons. The standard InChI is InChI=1S/C15H20N2O3S/c1-14(2,20)6-5-11-3-4-12(21-11)9-17-8-7-15(16,10-17)13(18)19/h3-4,20H,7-10,16H2,1-2H3,(H,18,19).